The number of rotatable bonds is 6. The van der Waals surface area contributed by atoms with Crippen LogP contribution in [0.3, 0.4) is 0 Å². The highest BCUT2D eigenvalue weighted by molar-refractivity contribution is 5.94. The van der Waals surface area contributed by atoms with Crippen LogP contribution < -0.4 is 10.6 Å². The van der Waals surface area contributed by atoms with Crippen LogP contribution >= 0.6 is 0 Å². The van der Waals surface area contributed by atoms with Crippen LogP contribution in [0.2, 0.25) is 0 Å². The molecule has 1 aromatic carbocycles. The van der Waals surface area contributed by atoms with Crippen molar-refractivity contribution < 1.29 is 9.18 Å². The lowest BCUT2D eigenvalue weighted by atomic mass is 10.1. The summed E-state index contributed by atoms with van der Waals surface area (Å²) in [5.74, 6) is 0.647. The van der Waals surface area contributed by atoms with Crippen LogP contribution in [0.25, 0.3) is 5.82 Å². The molecule has 0 aliphatic rings. The first-order valence-corrected chi connectivity index (χ1v) is 8.57. The second kappa shape index (κ2) is 7.94. The summed E-state index contributed by atoms with van der Waals surface area (Å²) in [6.07, 6.45) is 3.19. The number of aromatic nitrogens is 4. The van der Waals surface area contributed by atoms with Crippen molar-refractivity contribution in [2.75, 3.05) is 18.4 Å². The second-order valence-corrected chi connectivity index (χ2v) is 6.19. The van der Waals surface area contributed by atoms with Gasteiger partial charge in [-0.3, -0.25) is 9.36 Å². The fourth-order valence-corrected chi connectivity index (χ4v) is 2.51. The van der Waals surface area contributed by atoms with Crippen LogP contribution in [0.15, 0.2) is 36.9 Å². The summed E-state index contributed by atoms with van der Waals surface area (Å²) >= 11 is 0. The Morgan fingerprint density at radius 2 is 1.93 bits per heavy atom. The third-order valence-corrected chi connectivity index (χ3v) is 4.30. The molecule has 0 bridgehead atoms. The average molecular weight is 368 g/mol. The maximum absolute atomic E-state index is 13.5. The largest absolute Gasteiger partial charge is 0.368 e. The average Bonchev–Trinajstić information content (AvgIpc) is 3.00. The number of anilines is 1. The number of aryl methyl sites for hydroxylation is 2. The molecule has 7 nitrogen and oxygen atoms in total. The molecular formula is C19H21FN6O. The summed E-state index contributed by atoms with van der Waals surface area (Å²) in [6.45, 7) is 6.41. The van der Waals surface area contributed by atoms with E-state index >= 15 is 0 Å². The van der Waals surface area contributed by atoms with E-state index in [2.05, 4.69) is 25.6 Å². The van der Waals surface area contributed by atoms with E-state index < -0.39 is 0 Å². The highest BCUT2D eigenvalue weighted by Gasteiger charge is 2.08. The highest BCUT2D eigenvalue weighted by atomic mass is 19.1. The minimum atomic E-state index is -0.390. The molecule has 2 aromatic heterocycles. The molecule has 0 aliphatic carbocycles. The molecule has 3 rings (SSSR count). The fourth-order valence-electron chi connectivity index (χ4n) is 2.51. The van der Waals surface area contributed by atoms with E-state index in [1.807, 2.05) is 24.5 Å². The number of hydrogen-bond donors (Lipinski definition) is 2. The molecule has 0 saturated heterocycles. The highest BCUT2D eigenvalue weighted by Crippen LogP contribution is 2.13. The molecule has 27 heavy (non-hydrogen) atoms. The van der Waals surface area contributed by atoms with Crippen molar-refractivity contribution in [3.05, 3.63) is 65.3 Å². The standard InChI is InChI=1S/C19H21FN6O/c1-12-4-5-15(8-16(12)20)19(27)22-7-6-21-17-9-18(24-10-23-17)26-11-25-13(2)14(26)3/h4-5,8-11H,6-7H2,1-3H3,(H,22,27)(H,21,23,24). The quantitative estimate of drug-likeness (QED) is 0.653. The molecule has 0 atom stereocenters. The summed E-state index contributed by atoms with van der Waals surface area (Å²) < 4.78 is 15.4. The monoisotopic (exact) mass is 368 g/mol. The lowest BCUT2D eigenvalue weighted by Crippen LogP contribution is -2.29. The Balaban J connectivity index is 1.55. The Labute approximate surface area is 156 Å². The van der Waals surface area contributed by atoms with Crippen molar-refractivity contribution >= 4 is 11.7 Å². The Bertz CT molecular complexity index is 969. The molecule has 0 spiro atoms. The number of halogens is 1. The van der Waals surface area contributed by atoms with Gasteiger partial charge in [0.2, 0.25) is 0 Å². The number of amides is 1. The van der Waals surface area contributed by atoms with Crippen molar-refractivity contribution in [1.82, 2.24) is 24.8 Å². The van der Waals surface area contributed by atoms with Crippen LogP contribution in [0, 0.1) is 26.6 Å². The molecule has 8 heteroatoms. The first kappa shape index (κ1) is 18.5. The Morgan fingerprint density at radius 3 is 2.63 bits per heavy atom. The minimum absolute atomic E-state index is 0.299. The van der Waals surface area contributed by atoms with E-state index in [0.717, 1.165) is 11.4 Å². The van der Waals surface area contributed by atoms with E-state index in [4.69, 9.17) is 0 Å². The van der Waals surface area contributed by atoms with Crippen LogP contribution in [0.1, 0.15) is 27.3 Å². The van der Waals surface area contributed by atoms with Crippen molar-refractivity contribution in [3.63, 3.8) is 0 Å². The van der Waals surface area contributed by atoms with Crippen molar-refractivity contribution in [1.29, 1.82) is 0 Å². The third-order valence-electron chi connectivity index (χ3n) is 4.30. The second-order valence-electron chi connectivity index (χ2n) is 6.19. The number of nitrogens with one attached hydrogen (secondary N) is 2. The molecule has 3 aromatic rings. The molecule has 0 radical (unpaired) electrons. The summed E-state index contributed by atoms with van der Waals surface area (Å²) in [6, 6.07) is 6.24. The van der Waals surface area contributed by atoms with E-state index in [-0.39, 0.29) is 11.7 Å². The number of carbonyl (C=O) groups is 1. The van der Waals surface area contributed by atoms with Gasteiger partial charge in [-0.05, 0) is 38.5 Å². The smallest absolute Gasteiger partial charge is 0.251 e. The first-order valence-electron chi connectivity index (χ1n) is 8.57. The zero-order valence-electron chi connectivity index (χ0n) is 15.5. The first-order chi connectivity index (χ1) is 13.0. The van der Waals surface area contributed by atoms with E-state index in [1.54, 1.807) is 25.4 Å². The lowest BCUT2D eigenvalue weighted by Gasteiger charge is -2.09. The van der Waals surface area contributed by atoms with Crippen molar-refractivity contribution in [2.45, 2.75) is 20.8 Å². The van der Waals surface area contributed by atoms with Crippen LogP contribution in [0.5, 0.6) is 0 Å². The van der Waals surface area contributed by atoms with Gasteiger partial charge in [0.15, 0.2) is 0 Å². The molecule has 0 saturated carbocycles. The molecule has 0 fully saturated rings. The summed E-state index contributed by atoms with van der Waals surface area (Å²) in [4.78, 5) is 24.8. The summed E-state index contributed by atoms with van der Waals surface area (Å²) in [5, 5.41) is 5.88. The predicted molar refractivity (Wildman–Crippen MR) is 101 cm³/mol. The zero-order chi connectivity index (χ0) is 19.4. The van der Waals surface area contributed by atoms with E-state index in [0.29, 0.717) is 35.9 Å². The molecular weight excluding hydrogens is 347 g/mol. The summed E-state index contributed by atoms with van der Waals surface area (Å²) in [7, 11) is 0. The molecule has 2 N–H and O–H groups in total. The van der Waals surface area contributed by atoms with E-state index in [9.17, 15) is 9.18 Å². The van der Waals surface area contributed by atoms with Gasteiger partial charge in [0.1, 0.15) is 30.1 Å². The van der Waals surface area contributed by atoms with Gasteiger partial charge in [0.05, 0.1) is 5.69 Å². The maximum Gasteiger partial charge on any atom is 0.251 e. The van der Waals surface area contributed by atoms with Crippen molar-refractivity contribution in [2.24, 2.45) is 0 Å². The van der Waals surface area contributed by atoms with Crippen LogP contribution in [0.4, 0.5) is 10.2 Å². The fraction of sp³-hybridized carbons (Fsp3) is 0.263. The van der Waals surface area contributed by atoms with Gasteiger partial charge >= 0.3 is 0 Å². The molecule has 140 valence electrons. The maximum atomic E-state index is 13.5. The Kier molecular flexibility index (Phi) is 5.44. The Hall–Kier alpha value is -3.29. The molecule has 1 amide bonds. The van der Waals surface area contributed by atoms with Gasteiger partial charge in [0, 0.05) is 30.4 Å². The lowest BCUT2D eigenvalue weighted by molar-refractivity contribution is 0.0954. The molecule has 0 aliphatic heterocycles. The zero-order valence-corrected chi connectivity index (χ0v) is 15.5. The number of imidazole rings is 1. The summed E-state index contributed by atoms with van der Waals surface area (Å²) in [5.41, 5.74) is 2.76. The SMILES string of the molecule is Cc1ccc(C(=O)NCCNc2cc(-n3cnc(C)c3C)ncn2)cc1F. The predicted octanol–water partition coefficient (Wildman–Crippen LogP) is 2.57. The van der Waals surface area contributed by atoms with Crippen LogP contribution in [-0.4, -0.2) is 38.5 Å². The normalized spacial score (nSPS) is 10.7. The molecule has 2 heterocycles. The molecule has 0 unspecified atom stereocenters. The minimum Gasteiger partial charge on any atom is -0.368 e. The van der Waals surface area contributed by atoms with Gasteiger partial charge < -0.3 is 10.6 Å². The van der Waals surface area contributed by atoms with Crippen molar-refractivity contribution in [3.8, 4) is 5.82 Å². The van der Waals surface area contributed by atoms with Crippen LogP contribution in [-0.2, 0) is 0 Å². The number of carbonyl (C=O) groups excluding carboxylic acids is 1. The number of benzene rings is 1. The number of hydrogen-bond acceptors (Lipinski definition) is 5. The number of nitrogens with zero attached hydrogens (tertiary/aromatic N) is 4. The van der Waals surface area contributed by atoms with Gasteiger partial charge in [-0.1, -0.05) is 6.07 Å². The van der Waals surface area contributed by atoms with Gasteiger partial charge in [-0.25, -0.2) is 19.3 Å². The van der Waals surface area contributed by atoms with E-state index in [1.165, 1.54) is 12.4 Å². The van der Waals surface area contributed by atoms with Gasteiger partial charge in [-0.2, -0.15) is 0 Å². The topological polar surface area (TPSA) is 84.7 Å². The van der Waals surface area contributed by atoms with Gasteiger partial charge in [-0.15, -0.1) is 0 Å². The van der Waals surface area contributed by atoms with Gasteiger partial charge in [0.25, 0.3) is 5.91 Å². The Morgan fingerprint density at radius 1 is 1.11 bits per heavy atom. The third kappa shape index (κ3) is 4.28.